The second-order valence-electron chi connectivity index (χ2n) is 7.43. The average Bonchev–Trinajstić information content (AvgIpc) is 2.71. The van der Waals surface area contributed by atoms with Gasteiger partial charge in [0, 0.05) is 6.21 Å². The van der Waals surface area contributed by atoms with Crippen LogP contribution in [0.15, 0.2) is 65.1 Å². The predicted molar refractivity (Wildman–Crippen MR) is 116 cm³/mol. The summed E-state index contributed by atoms with van der Waals surface area (Å²) >= 11 is 0. The Hall–Kier alpha value is -2.51. The Morgan fingerprint density at radius 1 is 1.03 bits per heavy atom. The lowest BCUT2D eigenvalue weighted by atomic mass is 10.2. The first kappa shape index (κ1) is 22.8. The zero-order chi connectivity index (χ0) is 21.1. The number of alkyl carbamates (subject to hydrolysis) is 1. The second kappa shape index (κ2) is 11.5. The number of hydrogen-bond acceptors (Lipinski definition) is 4. The number of carbonyl (C=O) groups excluding carboxylic acids is 1. The van der Waals surface area contributed by atoms with E-state index in [4.69, 9.17) is 9.47 Å². The Kier molecular flexibility index (Phi) is 9.02. The molecule has 29 heavy (non-hydrogen) atoms. The van der Waals surface area contributed by atoms with Crippen LogP contribution in [-0.2, 0) is 33.7 Å². The molecule has 156 valence electrons. The van der Waals surface area contributed by atoms with Crippen molar-refractivity contribution in [3.63, 3.8) is 0 Å². The third-order valence-electron chi connectivity index (χ3n) is 3.79. The molecule has 0 saturated heterocycles. The van der Waals surface area contributed by atoms with Gasteiger partial charge >= 0.3 is 6.09 Å². The molecule has 0 aromatic heterocycles. The number of benzene rings is 2. The molecule has 0 heterocycles. The highest BCUT2D eigenvalue weighted by Crippen LogP contribution is 2.11. The van der Waals surface area contributed by atoms with Crippen molar-refractivity contribution in [2.45, 2.75) is 44.8 Å². The van der Waals surface area contributed by atoms with Gasteiger partial charge in [0.05, 0.1) is 24.0 Å². The summed E-state index contributed by atoms with van der Waals surface area (Å²) in [6, 6.07) is 18.6. The third kappa shape index (κ3) is 9.02. The summed E-state index contributed by atoms with van der Waals surface area (Å²) < 4.78 is 26.7. The van der Waals surface area contributed by atoms with Crippen molar-refractivity contribution in [3.8, 4) is 0 Å². The van der Waals surface area contributed by atoms with Crippen molar-refractivity contribution < 1.29 is 18.5 Å². The van der Waals surface area contributed by atoms with Crippen LogP contribution in [-0.4, -0.2) is 33.9 Å². The summed E-state index contributed by atoms with van der Waals surface area (Å²) in [5.74, 6) is 0. The van der Waals surface area contributed by atoms with E-state index in [1.54, 1.807) is 0 Å². The van der Waals surface area contributed by atoms with Crippen molar-refractivity contribution in [2.24, 2.45) is 4.40 Å². The van der Waals surface area contributed by atoms with Crippen molar-refractivity contribution in [1.82, 2.24) is 5.32 Å². The first-order valence-corrected chi connectivity index (χ1v) is 10.5. The van der Waals surface area contributed by atoms with Gasteiger partial charge in [-0.15, -0.1) is 0 Å². The zero-order valence-electron chi connectivity index (χ0n) is 17.0. The minimum absolute atomic E-state index is 0.162. The Morgan fingerprint density at radius 2 is 1.59 bits per heavy atom. The van der Waals surface area contributed by atoms with E-state index in [2.05, 4.69) is 9.71 Å². The van der Waals surface area contributed by atoms with Gasteiger partial charge in [0.2, 0.25) is 0 Å². The monoisotopic (exact) mass is 416 g/mol. The molecule has 2 aromatic carbocycles. The number of nitrogens with one attached hydrogen (secondary N) is 1. The highest BCUT2D eigenvalue weighted by molar-refractivity contribution is 7.85. The fraction of sp³-hybridized carbons (Fsp3) is 0.364. The van der Waals surface area contributed by atoms with Gasteiger partial charge in [-0.2, -0.15) is 4.40 Å². The normalized spacial score (nSPS) is 13.8. The first-order valence-electron chi connectivity index (χ1n) is 9.39. The largest absolute Gasteiger partial charge is 0.445 e. The topological polar surface area (TPSA) is 77.0 Å². The predicted octanol–water partition coefficient (Wildman–Crippen LogP) is 4.03. The van der Waals surface area contributed by atoms with Crippen LogP contribution in [0.2, 0.25) is 0 Å². The second-order valence-corrected chi connectivity index (χ2v) is 9.36. The van der Waals surface area contributed by atoms with Gasteiger partial charge in [0.25, 0.3) is 0 Å². The molecule has 1 N–H and O–H groups in total. The highest BCUT2D eigenvalue weighted by atomic mass is 32.2. The minimum Gasteiger partial charge on any atom is -0.445 e. The van der Waals surface area contributed by atoms with E-state index in [1.165, 1.54) is 6.21 Å². The van der Waals surface area contributed by atoms with E-state index < -0.39 is 27.9 Å². The summed E-state index contributed by atoms with van der Waals surface area (Å²) in [6.45, 7) is 6.25. The van der Waals surface area contributed by atoms with Crippen LogP contribution < -0.4 is 5.32 Å². The molecule has 2 atom stereocenters. The van der Waals surface area contributed by atoms with Gasteiger partial charge in [-0.05, 0) is 31.9 Å². The van der Waals surface area contributed by atoms with Crippen LogP contribution in [0.5, 0.6) is 0 Å². The number of carbonyl (C=O) groups is 1. The molecule has 0 aliphatic carbocycles. The molecular weight excluding hydrogens is 388 g/mol. The summed E-state index contributed by atoms with van der Waals surface area (Å²) in [5.41, 5.74) is 1.91. The van der Waals surface area contributed by atoms with Gasteiger partial charge < -0.3 is 14.8 Å². The number of ether oxygens (including phenoxy) is 2. The average molecular weight is 417 g/mol. The fourth-order valence-corrected chi connectivity index (χ4v) is 2.78. The molecule has 1 amide bonds. The van der Waals surface area contributed by atoms with Crippen LogP contribution in [0.3, 0.4) is 0 Å². The van der Waals surface area contributed by atoms with Crippen LogP contribution in [0.1, 0.15) is 31.9 Å². The molecule has 2 rings (SSSR count). The molecular formula is C22H28N2O4S. The van der Waals surface area contributed by atoms with Gasteiger partial charge in [-0.25, -0.2) is 9.00 Å². The van der Waals surface area contributed by atoms with Gasteiger partial charge in [0.1, 0.15) is 17.6 Å². The maximum atomic E-state index is 12.2. The van der Waals surface area contributed by atoms with Crippen molar-refractivity contribution in [1.29, 1.82) is 0 Å². The molecule has 0 aliphatic heterocycles. The minimum atomic E-state index is -1.43. The van der Waals surface area contributed by atoms with E-state index in [0.717, 1.165) is 11.1 Å². The lowest BCUT2D eigenvalue weighted by Crippen LogP contribution is -2.40. The molecule has 6 nitrogen and oxygen atoms in total. The van der Waals surface area contributed by atoms with Gasteiger partial charge in [-0.1, -0.05) is 60.7 Å². The summed E-state index contributed by atoms with van der Waals surface area (Å²) in [6.07, 6.45) is 0.867. The quantitative estimate of drug-likeness (QED) is 0.626. The maximum absolute atomic E-state index is 12.2. The van der Waals surface area contributed by atoms with E-state index in [-0.39, 0.29) is 13.2 Å². The highest BCUT2D eigenvalue weighted by Gasteiger charge is 2.19. The molecule has 2 aromatic rings. The molecule has 0 fully saturated rings. The molecule has 0 aliphatic rings. The van der Waals surface area contributed by atoms with Crippen molar-refractivity contribution in [3.05, 3.63) is 71.8 Å². The smallest absolute Gasteiger partial charge is 0.408 e. The lowest BCUT2D eigenvalue weighted by Gasteiger charge is -2.17. The van der Waals surface area contributed by atoms with Crippen molar-refractivity contribution in [2.75, 3.05) is 6.61 Å². The molecule has 7 heteroatoms. The summed E-state index contributed by atoms with van der Waals surface area (Å²) in [5, 5.41) is 2.71. The van der Waals surface area contributed by atoms with Gasteiger partial charge in [-0.3, -0.25) is 0 Å². The standard InChI is InChI=1S/C22H28N2O4S/c1-22(2,3)29(26)23-14-20(17-27-15-18-10-6-4-7-11-18)24-21(25)28-16-19-12-8-5-9-13-19/h4-14,20H,15-17H2,1-3H3,(H,24,25)/t20?,29-/m1/s1. The zero-order valence-corrected chi connectivity index (χ0v) is 17.9. The van der Waals surface area contributed by atoms with E-state index in [0.29, 0.717) is 6.61 Å². The lowest BCUT2D eigenvalue weighted by molar-refractivity contribution is 0.102. The molecule has 0 saturated carbocycles. The molecule has 0 spiro atoms. The Labute approximate surface area is 174 Å². The van der Waals surface area contributed by atoms with E-state index in [9.17, 15) is 9.00 Å². The number of rotatable bonds is 9. The maximum Gasteiger partial charge on any atom is 0.408 e. The van der Waals surface area contributed by atoms with Gasteiger partial charge in [0.15, 0.2) is 0 Å². The Morgan fingerprint density at radius 3 is 2.14 bits per heavy atom. The van der Waals surface area contributed by atoms with Crippen LogP contribution in [0.25, 0.3) is 0 Å². The number of hydrogen-bond donors (Lipinski definition) is 1. The molecule has 1 unspecified atom stereocenters. The van der Waals surface area contributed by atoms with Crippen LogP contribution in [0.4, 0.5) is 4.79 Å². The van der Waals surface area contributed by atoms with Crippen LogP contribution in [0, 0.1) is 0 Å². The fourth-order valence-electron chi connectivity index (χ4n) is 2.20. The van der Waals surface area contributed by atoms with E-state index >= 15 is 0 Å². The first-order chi connectivity index (χ1) is 13.8. The number of nitrogens with zero attached hydrogens (tertiary/aromatic N) is 1. The SMILES string of the molecule is CC(C)(C)[S@@](=O)N=CC(COCc1ccccc1)NC(=O)OCc1ccccc1. The third-order valence-corrected chi connectivity index (χ3v) is 5.15. The molecule has 0 bridgehead atoms. The van der Waals surface area contributed by atoms with E-state index in [1.807, 2.05) is 81.4 Å². The van der Waals surface area contributed by atoms with Crippen LogP contribution >= 0.6 is 0 Å². The number of amides is 1. The molecule has 0 radical (unpaired) electrons. The summed E-state index contributed by atoms with van der Waals surface area (Å²) in [4.78, 5) is 12.2. The van der Waals surface area contributed by atoms with Crippen molar-refractivity contribution >= 4 is 23.3 Å². The Bertz CT molecular complexity index is 805. The summed E-state index contributed by atoms with van der Waals surface area (Å²) in [7, 11) is -1.43. The Balaban J connectivity index is 1.92.